The van der Waals surface area contributed by atoms with Gasteiger partial charge in [0, 0.05) is 10.6 Å². The average Bonchev–Trinajstić information content (AvgIpc) is 2.85. The lowest BCUT2D eigenvalue weighted by Gasteiger charge is -2.02. The molecule has 1 heterocycles. The van der Waals surface area contributed by atoms with E-state index < -0.39 is 0 Å². The summed E-state index contributed by atoms with van der Waals surface area (Å²) in [5.74, 6) is 0. The van der Waals surface area contributed by atoms with Gasteiger partial charge in [-0.3, -0.25) is 0 Å². The third-order valence-electron chi connectivity index (χ3n) is 2.85. The molecule has 0 amide bonds. The number of aromatic nitrogens is 3. The third-order valence-corrected chi connectivity index (χ3v) is 2.85. The van der Waals surface area contributed by atoms with Gasteiger partial charge >= 0.3 is 0 Å². The Bertz CT molecular complexity index is 752. The van der Waals surface area contributed by atoms with Gasteiger partial charge in [0.1, 0.15) is 5.52 Å². The maximum absolute atomic E-state index is 8.35. The minimum absolute atomic E-state index is 0.606. The van der Waals surface area contributed by atoms with Crippen LogP contribution in [0.4, 0.5) is 5.69 Å². The molecule has 0 unspecified atom stereocenters. The van der Waals surface area contributed by atoms with Crippen LogP contribution >= 0.6 is 0 Å². The second-order valence-electron chi connectivity index (χ2n) is 4.09. The van der Waals surface area contributed by atoms with E-state index in [-0.39, 0.29) is 0 Å². The Balaban J connectivity index is 1.90. The van der Waals surface area contributed by atoms with Crippen molar-refractivity contribution in [1.29, 1.82) is 0 Å². The Kier molecular flexibility index (Phi) is 2.84. The van der Waals surface area contributed by atoms with Crippen LogP contribution in [-0.2, 0) is 6.54 Å². The van der Waals surface area contributed by atoms with Crippen LogP contribution in [0.15, 0.2) is 53.6 Å². The number of hydrogen-bond acceptors (Lipinski definition) is 3. The molecule has 6 heteroatoms. The number of hydrogen-bond donors (Lipinski definition) is 0. The van der Waals surface area contributed by atoms with E-state index in [2.05, 4.69) is 20.3 Å². The highest BCUT2D eigenvalue weighted by molar-refractivity contribution is 5.73. The average molecular weight is 250 g/mol. The maximum Gasteiger partial charge on any atom is 0.113 e. The van der Waals surface area contributed by atoms with Crippen molar-refractivity contribution >= 4 is 16.7 Å². The smallest absolute Gasteiger partial charge is 0.113 e. The lowest BCUT2D eigenvalue weighted by molar-refractivity contribution is 0.670. The molecular weight excluding hydrogens is 240 g/mol. The Morgan fingerprint density at radius 1 is 1.11 bits per heavy atom. The van der Waals surface area contributed by atoms with Gasteiger partial charge in [0.25, 0.3) is 0 Å². The van der Waals surface area contributed by atoms with E-state index in [1.165, 1.54) is 0 Å². The lowest BCUT2D eigenvalue weighted by Crippen LogP contribution is -2.01. The molecule has 3 aromatic rings. The number of azide groups is 1. The highest BCUT2D eigenvalue weighted by atomic mass is 15.4. The van der Waals surface area contributed by atoms with Gasteiger partial charge < -0.3 is 0 Å². The Hall–Kier alpha value is -2.85. The number of para-hydroxylation sites is 1. The van der Waals surface area contributed by atoms with Crippen LogP contribution in [0.1, 0.15) is 5.56 Å². The fourth-order valence-electron chi connectivity index (χ4n) is 1.93. The fourth-order valence-corrected chi connectivity index (χ4v) is 1.93. The van der Waals surface area contributed by atoms with Gasteiger partial charge in [-0.25, -0.2) is 4.68 Å². The first-order chi connectivity index (χ1) is 9.36. The molecule has 0 bridgehead atoms. The minimum atomic E-state index is 0.606. The number of benzene rings is 2. The molecular formula is C13H10N6. The zero-order valence-electron chi connectivity index (χ0n) is 10.0. The summed E-state index contributed by atoms with van der Waals surface area (Å²) in [6.07, 6.45) is 0. The summed E-state index contributed by atoms with van der Waals surface area (Å²) in [5, 5.41) is 11.8. The highest BCUT2D eigenvalue weighted by Crippen LogP contribution is 2.16. The molecule has 0 radical (unpaired) electrons. The molecule has 0 fully saturated rings. The van der Waals surface area contributed by atoms with Crippen LogP contribution in [0.2, 0.25) is 0 Å². The van der Waals surface area contributed by atoms with Gasteiger partial charge in [-0.15, -0.1) is 5.10 Å². The predicted molar refractivity (Wildman–Crippen MR) is 71.9 cm³/mol. The third kappa shape index (κ3) is 2.25. The standard InChI is InChI=1S/C13H10N6/c14-17-15-11-7-5-10(6-8-11)9-19-13-4-2-1-3-12(13)16-18-19/h1-8H,9H2. The van der Waals surface area contributed by atoms with Crippen molar-refractivity contribution in [2.24, 2.45) is 5.11 Å². The monoisotopic (exact) mass is 250 g/mol. The van der Waals surface area contributed by atoms with Crippen LogP contribution < -0.4 is 0 Å². The van der Waals surface area contributed by atoms with E-state index in [1.54, 1.807) is 12.1 Å². The van der Waals surface area contributed by atoms with E-state index in [0.29, 0.717) is 12.2 Å². The molecule has 0 aliphatic heterocycles. The van der Waals surface area contributed by atoms with Crippen molar-refractivity contribution < 1.29 is 0 Å². The van der Waals surface area contributed by atoms with Gasteiger partial charge in [-0.2, -0.15) is 0 Å². The normalized spacial score (nSPS) is 10.3. The van der Waals surface area contributed by atoms with E-state index in [4.69, 9.17) is 5.53 Å². The summed E-state index contributed by atoms with van der Waals surface area (Å²) in [4.78, 5) is 2.75. The molecule has 92 valence electrons. The Labute approximate surface area is 108 Å². The second-order valence-corrected chi connectivity index (χ2v) is 4.09. The molecule has 3 rings (SSSR count). The summed E-state index contributed by atoms with van der Waals surface area (Å²) >= 11 is 0. The van der Waals surface area contributed by atoms with Gasteiger partial charge in [-0.1, -0.05) is 46.7 Å². The van der Waals surface area contributed by atoms with Gasteiger partial charge in [0.05, 0.1) is 12.1 Å². The van der Waals surface area contributed by atoms with Crippen molar-refractivity contribution in [1.82, 2.24) is 15.0 Å². The van der Waals surface area contributed by atoms with Crippen molar-refractivity contribution in [3.8, 4) is 0 Å². The van der Waals surface area contributed by atoms with Gasteiger partial charge in [0.15, 0.2) is 0 Å². The number of fused-ring (bicyclic) bond motifs is 1. The molecule has 0 aliphatic rings. The van der Waals surface area contributed by atoms with E-state index in [0.717, 1.165) is 16.6 Å². The lowest BCUT2D eigenvalue weighted by atomic mass is 10.2. The first kappa shape index (κ1) is 11.3. The summed E-state index contributed by atoms with van der Waals surface area (Å²) in [7, 11) is 0. The predicted octanol–water partition coefficient (Wildman–Crippen LogP) is 3.42. The molecule has 0 spiro atoms. The largest absolute Gasteiger partial charge is 0.240 e. The van der Waals surface area contributed by atoms with Crippen LogP contribution in [0.3, 0.4) is 0 Å². The zero-order chi connectivity index (χ0) is 13.1. The number of rotatable bonds is 3. The quantitative estimate of drug-likeness (QED) is 0.405. The zero-order valence-corrected chi connectivity index (χ0v) is 10.0. The summed E-state index contributed by atoms with van der Waals surface area (Å²) < 4.78 is 1.85. The Morgan fingerprint density at radius 3 is 2.68 bits per heavy atom. The highest BCUT2D eigenvalue weighted by Gasteiger charge is 2.03. The van der Waals surface area contributed by atoms with Crippen molar-refractivity contribution in [3.63, 3.8) is 0 Å². The molecule has 2 aromatic carbocycles. The molecule has 0 saturated heterocycles. The molecule has 6 nitrogen and oxygen atoms in total. The molecule has 1 aromatic heterocycles. The van der Waals surface area contributed by atoms with Crippen LogP contribution in [0.5, 0.6) is 0 Å². The van der Waals surface area contributed by atoms with Crippen LogP contribution in [0, 0.1) is 0 Å². The van der Waals surface area contributed by atoms with Crippen molar-refractivity contribution in [3.05, 3.63) is 64.5 Å². The number of nitrogens with zero attached hydrogens (tertiary/aromatic N) is 6. The molecule has 0 atom stereocenters. The molecule has 0 N–H and O–H groups in total. The van der Waals surface area contributed by atoms with Crippen molar-refractivity contribution in [2.45, 2.75) is 6.54 Å². The summed E-state index contributed by atoms with van der Waals surface area (Å²) in [6.45, 7) is 0.636. The van der Waals surface area contributed by atoms with E-state index >= 15 is 0 Å². The maximum atomic E-state index is 8.35. The summed E-state index contributed by atoms with van der Waals surface area (Å²) in [6, 6.07) is 15.2. The minimum Gasteiger partial charge on any atom is -0.240 e. The first-order valence-electron chi connectivity index (χ1n) is 5.79. The molecule has 0 saturated carbocycles. The first-order valence-corrected chi connectivity index (χ1v) is 5.79. The second kappa shape index (κ2) is 4.80. The van der Waals surface area contributed by atoms with Crippen molar-refractivity contribution in [2.75, 3.05) is 0 Å². The molecule has 19 heavy (non-hydrogen) atoms. The Morgan fingerprint density at radius 2 is 1.89 bits per heavy atom. The van der Waals surface area contributed by atoms with E-state index in [1.807, 2.05) is 41.1 Å². The van der Waals surface area contributed by atoms with Gasteiger partial charge in [-0.05, 0) is 23.2 Å². The summed E-state index contributed by atoms with van der Waals surface area (Å²) in [5.41, 5.74) is 11.9. The topological polar surface area (TPSA) is 79.5 Å². The van der Waals surface area contributed by atoms with Crippen LogP contribution in [-0.4, -0.2) is 15.0 Å². The fraction of sp³-hybridized carbons (Fsp3) is 0.0769. The SMILES string of the molecule is [N-]=[N+]=Nc1ccc(Cn2nnc3ccccc32)cc1. The van der Waals surface area contributed by atoms with Crippen LogP contribution in [0.25, 0.3) is 21.5 Å². The van der Waals surface area contributed by atoms with Gasteiger partial charge in [0.2, 0.25) is 0 Å². The molecule has 0 aliphatic carbocycles. The van der Waals surface area contributed by atoms with E-state index in [9.17, 15) is 0 Å².